The number of H-pyrrole nitrogens is 1. The van der Waals surface area contributed by atoms with Gasteiger partial charge in [-0.2, -0.15) is 0 Å². The lowest BCUT2D eigenvalue weighted by atomic mass is 10.0. The Kier molecular flexibility index (Phi) is 5.82. The molecule has 0 amide bonds. The largest absolute Gasteiger partial charge is 0.496 e. The number of rotatable bonds is 7. The Morgan fingerprint density at radius 2 is 1.87 bits per heavy atom. The molecular formula is C18H24N2O3. The normalized spacial score (nSPS) is 12.2. The fourth-order valence-electron chi connectivity index (χ4n) is 2.52. The molecule has 0 aliphatic carbocycles. The fourth-order valence-corrected chi connectivity index (χ4v) is 2.52. The number of nitrogens with zero attached hydrogens (tertiary/aromatic N) is 1. The molecule has 0 fully saturated rings. The molecule has 23 heavy (non-hydrogen) atoms. The maximum absolute atomic E-state index is 11.8. The number of pyridine rings is 1. The Balaban J connectivity index is 2.03. The lowest BCUT2D eigenvalue weighted by molar-refractivity contribution is 0.243. The van der Waals surface area contributed by atoms with Crippen molar-refractivity contribution in [2.45, 2.75) is 25.9 Å². The molecule has 1 aromatic heterocycles. The van der Waals surface area contributed by atoms with Crippen LogP contribution in [0.5, 0.6) is 11.5 Å². The van der Waals surface area contributed by atoms with E-state index in [4.69, 9.17) is 9.47 Å². The van der Waals surface area contributed by atoms with Gasteiger partial charge in [0.1, 0.15) is 5.75 Å². The number of hydrogen-bond donors (Lipinski definition) is 1. The molecule has 1 aromatic carbocycles. The van der Waals surface area contributed by atoms with E-state index in [0.29, 0.717) is 18.3 Å². The van der Waals surface area contributed by atoms with Gasteiger partial charge in [0.05, 0.1) is 14.2 Å². The van der Waals surface area contributed by atoms with E-state index in [1.54, 1.807) is 19.4 Å². The summed E-state index contributed by atoms with van der Waals surface area (Å²) in [5.74, 6) is 1.24. The zero-order valence-corrected chi connectivity index (χ0v) is 14.1. The zero-order valence-electron chi connectivity index (χ0n) is 14.1. The first-order valence-corrected chi connectivity index (χ1v) is 7.63. The van der Waals surface area contributed by atoms with Gasteiger partial charge in [0.15, 0.2) is 5.75 Å². The summed E-state index contributed by atoms with van der Waals surface area (Å²) in [6.45, 7) is 2.82. The summed E-state index contributed by atoms with van der Waals surface area (Å²) in [4.78, 5) is 17.1. The third-order valence-electron chi connectivity index (χ3n) is 4.04. The highest BCUT2D eigenvalue weighted by molar-refractivity contribution is 5.33. The number of nitrogens with one attached hydrogen (secondary N) is 1. The van der Waals surface area contributed by atoms with Gasteiger partial charge in [-0.1, -0.05) is 18.2 Å². The summed E-state index contributed by atoms with van der Waals surface area (Å²) >= 11 is 0. The van der Waals surface area contributed by atoms with E-state index in [1.807, 2.05) is 25.2 Å². The molecule has 2 rings (SSSR count). The molecule has 2 aromatic rings. The standard InChI is InChI=1S/C18H24N2O3/c1-13(9-14-7-5-6-8-17(14)22-3)20(2)12-15-10-16(21)18(23-4)11-19-15/h5-8,10-11,13H,9,12H2,1-4H3,(H,19,21)/t13-/m1/s1. The van der Waals surface area contributed by atoms with Gasteiger partial charge in [0, 0.05) is 30.5 Å². The van der Waals surface area contributed by atoms with Crippen LogP contribution in [0.4, 0.5) is 0 Å². The van der Waals surface area contributed by atoms with Crippen LogP contribution >= 0.6 is 0 Å². The molecule has 0 saturated heterocycles. The van der Waals surface area contributed by atoms with Crippen LogP contribution in [0.3, 0.4) is 0 Å². The minimum Gasteiger partial charge on any atom is -0.496 e. The lowest BCUT2D eigenvalue weighted by Crippen LogP contribution is -2.31. The molecule has 0 saturated carbocycles. The summed E-state index contributed by atoms with van der Waals surface area (Å²) in [5.41, 5.74) is 1.94. The van der Waals surface area contributed by atoms with Gasteiger partial charge in [-0.05, 0) is 32.0 Å². The topological polar surface area (TPSA) is 54.6 Å². The Bertz CT molecular complexity index is 697. The zero-order chi connectivity index (χ0) is 16.8. The molecule has 0 bridgehead atoms. The van der Waals surface area contributed by atoms with Crippen LogP contribution in [0.2, 0.25) is 0 Å². The van der Waals surface area contributed by atoms with Gasteiger partial charge in [-0.25, -0.2) is 0 Å². The second kappa shape index (κ2) is 7.83. The predicted octanol–water partition coefficient (Wildman–Crippen LogP) is 2.46. The lowest BCUT2D eigenvalue weighted by Gasteiger charge is -2.25. The number of para-hydroxylation sites is 1. The summed E-state index contributed by atoms with van der Waals surface area (Å²) in [7, 11) is 5.23. The summed E-state index contributed by atoms with van der Waals surface area (Å²) in [5, 5.41) is 0. The first-order chi connectivity index (χ1) is 11.0. The summed E-state index contributed by atoms with van der Waals surface area (Å²) < 4.78 is 10.4. The minimum atomic E-state index is -0.105. The molecule has 5 nitrogen and oxygen atoms in total. The van der Waals surface area contributed by atoms with Gasteiger partial charge in [0.25, 0.3) is 0 Å². The summed E-state index contributed by atoms with van der Waals surface area (Å²) in [6, 6.07) is 9.94. The van der Waals surface area contributed by atoms with Crippen LogP contribution in [0.15, 0.2) is 41.3 Å². The van der Waals surface area contributed by atoms with Crippen molar-refractivity contribution in [3.63, 3.8) is 0 Å². The quantitative estimate of drug-likeness (QED) is 0.852. The van der Waals surface area contributed by atoms with Gasteiger partial charge >= 0.3 is 0 Å². The average molecular weight is 316 g/mol. The molecule has 124 valence electrons. The van der Waals surface area contributed by atoms with Crippen molar-refractivity contribution in [1.82, 2.24) is 9.88 Å². The van der Waals surface area contributed by atoms with E-state index >= 15 is 0 Å². The predicted molar refractivity (Wildman–Crippen MR) is 91.2 cm³/mol. The van der Waals surface area contributed by atoms with Crippen LogP contribution in [-0.2, 0) is 13.0 Å². The van der Waals surface area contributed by atoms with E-state index in [9.17, 15) is 4.79 Å². The van der Waals surface area contributed by atoms with E-state index in [-0.39, 0.29) is 5.43 Å². The van der Waals surface area contributed by atoms with Crippen LogP contribution in [0, 0.1) is 0 Å². The molecule has 0 radical (unpaired) electrons. The maximum Gasteiger partial charge on any atom is 0.223 e. The van der Waals surface area contributed by atoms with Crippen molar-refractivity contribution in [2.75, 3.05) is 21.3 Å². The highest BCUT2D eigenvalue weighted by Gasteiger charge is 2.14. The van der Waals surface area contributed by atoms with E-state index in [0.717, 1.165) is 17.9 Å². The van der Waals surface area contributed by atoms with Crippen LogP contribution in [-0.4, -0.2) is 37.2 Å². The SMILES string of the molecule is COc1ccccc1C[C@@H](C)N(C)Cc1cc(=O)c(OC)c[nH]1. The van der Waals surface area contributed by atoms with Gasteiger partial charge < -0.3 is 14.5 Å². The number of aromatic nitrogens is 1. The van der Waals surface area contributed by atoms with E-state index < -0.39 is 0 Å². The summed E-state index contributed by atoms with van der Waals surface area (Å²) in [6.07, 6.45) is 2.48. The van der Waals surface area contributed by atoms with Crippen LogP contribution in [0.1, 0.15) is 18.2 Å². The Morgan fingerprint density at radius 3 is 2.52 bits per heavy atom. The van der Waals surface area contributed by atoms with Crippen LogP contribution < -0.4 is 14.9 Å². The van der Waals surface area contributed by atoms with Crippen molar-refractivity contribution >= 4 is 0 Å². The molecule has 5 heteroatoms. The van der Waals surface area contributed by atoms with Crippen LogP contribution in [0.25, 0.3) is 0 Å². The third-order valence-corrected chi connectivity index (χ3v) is 4.04. The fraction of sp³-hybridized carbons (Fsp3) is 0.389. The number of methoxy groups -OCH3 is 2. The van der Waals surface area contributed by atoms with E-state index in [2.05, 4.69) is 22.9 Å². The molecule has 1 N–H and O–H groups in total. The molecule has 0 aliphatic heterocycles. The number of hydrogen-bond acceptors (Lipinski definition) is 4. The number of ether oxygens (including phenoxy) is 2. The first kappa shape index (κ1) is 17.1. The number of benzene rings is 1. The molecule has 0 aliphatic rings. The molecular weight excluding hydrogens is 292 g/mol. The van der Waals surface area contributed by atoms with Crippen molar-refractivity contribution in [3.8, 4) is 11.5 Å². The van der Waals surface area contributed by atoms with Gasteiger partial charge in [-0.15, -0.1) is 0 Å². The van der Waals surface area contributed by atoms with Crippen molar-refractivity contribution < 1.29 is 9.47 Å². The first-order valence-electron chi connectivity index (χ1n) is 7.63. The van der Waals surface area contributed by atoms with Gasteiger partial charge in [-0.3, -0.25) is 9.69 Å². The third kappa shape index (κ3) is 4.36. The van der Waals surface area contributed by atoms with Crippen molar-refractivity contribution in [1.29, 1.82) is 0 Å². The second-order valence-corrected chi connectivity index (χ2v) is 5.67. The molecule has 1 atom stereocenters. The molecule has 0 unspecified atom stereocenters. The van der Waals surface area contributed by atoms with Crippen molar-refractivity contribution in [3.05, 3.63) is 58.0 Å². The monoisotopic (exact) mass is 316 g/mol. The number of likely N-dealkylation sites (N-methyl/N-ethyl adjacent to an activating group) is 1. The van der Waals surface area contributed by atoms with E-state index in [1.165, 1.54) is 12.7 Å². The molecule has 1 heterocycles. The average Bonchev–Trinajstić information content (AvgIpc) is 2.55. The van der Waals surface area contributed by atoms with Crippen molar-refractivity contribution in [2.24, 2.45) is 0 Å². The Labute approximate surface area is 136 Å². The minimum absolute atomic E-state index is 0.105. The Hall–Kier alpha value is -2.27. The molecule has 0 spiro atoms. The maximum atomic E-state index is 11.8. The highest BCUT2D eigenvalue weighted by atomic mass is 16.5. The van der Waals surface area contributed by atoms with Gasteiger partial charge in [0.2, 0.25) is 5.43 Å². The number of aromatic amines is 1. The highest BCUT2D eigenvalue weighted by Crippen LogP contribution is 2.20. The smallest absolute Gasteiger partial charge is 0.223 e. The Morgan fingerprint density at radius 1 is 1.17 bits per heavy atom. The second-order valence-electron chi connectivity index (χ2n) is 5.67.